The van der Waals surface area contributed by atoms with Crippen LogP contribution in [0.5, 0.6) is 5.75 Å². The zero-order valence-corrected chi connectivity index (χ0v) is 13.6. The van der Waals surface area contributed by atoms with Gasteiger partial charge in [-0.1, -0.05) is 0 Å². The number of nitrogens with zero attached hydrogens (tertiary/aromatic N) is 4. The molecule has 2 heterocycles. The number of hydrogen-bond acceptors (Lipinski definition) is 6. The summed E-state index contributed by atoms with van der Waals surface area (Å²) in [5.74, 6) is -0.163. The van der Waals surface area contributed by atoms with Crippen LogP contribution in [0.4, 0.5) is 19.0 Å². The van der Waals surface area contributed by atoms with Gasteiger partial charge < -0.3 is 4.74 Å². The smallest absolute Gasteiger partial charge is 0.406 e. The number of nitrogens with one attached hydrogen (secondary N) is 1. The van der Waals surface area contributed by atoms with Crippen LogP contribution in [0, 0.1) is 0 Å². The van der Waals surface area contributed by atoms with Crippen LogP contribution in [0.1, 0.15) is 0 Å². The number of anilines is 1. The van der Waals surface area contributed by atoms with Gasteiger partial charge in [-0.05, 0) is 24.3 Å². The number of benzene rings is 1. The molecule has 0 saturated carbocycles. The van der Waals surface area contributed by atoms with E-state index >= 15 is 0 Å². The molecule has 1 aromatic carbocycles. The number of rotatable bonds is 5. The highest BCUT2D eigenvalue weighted by Crippen LogP contribution is 2.24. The number of sulfonamides is 1. The lowest BCUT2D eigenvalue weighted by atomic mass is 10.3. The molecule has 12 heteroatoms. The summed E-state index contributed by atoms with van der Waals surface area (Å²) in [5.41, 5.74) is 0. The summed E-state index contributed by atoms with van der Waals surface area (Å²) in [5, 5.41) is 0. The Morgan fingerprint density at radius 3 is 2.46 bits per heavy atom. The monoisotopic (exact) mass is 385 g/mol. The summed E-state index contributed by atoms with van der Waals surface area (Å²) in [7, 11) is -4.06. The van der Waals surface area contributed by atoms with Crippen LogP contribution < -0.4 is 9.46 Å². The zero-order chi connectivity index (χ0) is 18.8. The third-order valence-electron chi connectivity index (χ3n) is 3.03. The van der Waals surface area contributed by atoms with Crippen LogP contribution in [0.25, 0.3) is 5.82 Å². The van der Waals surface area contributed by atoms with Crippen LogP contribution in [-0.4, -0.2) is 34.3 Å². The van der Waals surface area contributed by atoms with Gasteiger partial charge in [0.05, 0.1) is 4.90 Å². The van der Waals surface area contributed by atoms with Crippen molar-refractivity contribution >= 4 is 15.8 Å². The maximum absolute atomic E-state index is 12.3. The predicted molar refractivity (Wildman–Crippen MR) is 83.1 cm³/mol. The summed E-state index contributed by atoms with van der Waals surface area (Å²) in [6.45, 7) is 0. The summed E-state index contributed by atoms with van der Waals surface area (Å²) < 4.78 is 68.6. The topological polar surface area (TPSA) is 99.0 Å². The van der Waals surface area contributed by atoms with E-state index in [4.69, 9.17) is 0 Å². The predicted octanol–water partition coefficient (Wildman–Crippen LogP) is 2.36. The van der Waals surface area contributed by atoms with Gasteiger partial charge >= 0.3 is 6.36 Å². The van der Waals surface area contributed by atoms with E-state index in [2.05, 4.69) is 24.4 Å². The molecule has 0 amide bonds. The molecule has 0 aliphatic rings. The summed E-state index contributed by atoms with van der Waals surface area (Å²) in [6.07, 6.45) is 0.910. The minimum absolute atomic E-state index is 0.0145. The van der Waals surface area contributed by atoms with Gasteiger partial charge in [0.2, 0.25) is 0 Å². The quantitative estimate of drug-likeness (QED) is 0.724. The lowest BCUT2D eigenvalue weighted by molar-refractivity contribution is -0.274. The highest BCUT2D eigenvalue weighted by Gasteiger charge is 2.31. The molecule has 3 rings (SSSR count). The second kappa shape index (κ2) is 6.63. The van der Waals surface area contributed by atoms with E-state index in [0.29, 0.717) is 5.82 Å². The first-order chi connectivity index (χ1) is 12.2. The number of hydrogen-bond donors (Lipinski definition) is 1. The third-order valence-corrected chi connectivity index (χ3v) is 4.40. The molecule has 1 N–H and O–H groups in total. The lowest BCUT2D eigenvalue weighted by Crippen LogP contribution is -2.17. The largest absolute Gasteiger partial charge is 0.573 e. The van der Waals surface area contributed by atoms with Gasteiger partial charge in [-0.2, -0.15) is 0 Å². The van der Waals surface area contributed by atoms with E-state index in [1.807, 2.05) is 0 Å². The van der Waals surface area contributed by atoms with Crippen molar-refractivity contribution in [2.75, 3.05) is 4.72 Å². The molecule has 0 spiro atoms. The molecule has 0 atom stereocenters. The highest BCUT2D eigenvalue weighted by atomic mass is 32.2. The maximum atomic E-state index is 12.3. The Morgan fingerprint density at radius 1 is 1.12 bits per heavy atom. The van der Waals surface area contributed by atoms with Gasteiger partial charge in [0, 0.05) is 18.5 Å². The normalized spacial score (nSPS) is 12.0. The number of halogens is 3. The second-order valence-electron chi connectivity index (χ2n) is 4.86. The molecule has 0 saturated heterocycles. The van der Waals surface area contributed by atoms with Crippen molar-refractivity contribution in [3.8, 4) is 11.6 Å². The van der Waals surface area contributed by atoms with Crippen molar-refractivity contribution in [3.63, 3.8) is 0 Å². The second-order valence-corrected chi connectivity index (χ2v) is 6.54. The summed E-state index contributed by atoms with van der Waals surface area (Å²) >= 11 is 0. The van der Waals surface area contributed by atoms with Gasteiger partial charge in [-0.3, -0.25) is 9.29 Å². The molecule has 136 valence electrons. The molecule has 0 unspecified atom stereocenters. The molecular weight excluding hydrogens is 375 g/mol. The van der Waals surface area contributed by atoms with Gasteiger partial charge in [0.1, 0.15) is 30.0 Å². The standard InChI is InChI=1S/C14H10F3N5O3S/c15-14(16,17)25-10-1-3-11(4-2-10)26(23,24)21-12-7-13(20-8-19-12)22-6-5-18-9-22/h1-9H,(H,19,20,21). The molecule has 0 aliphatic heterocycles. The fraction of sp³-hybridized carbons (Fsp3) is 0.0714. The molecule has 0 fully saturated rings. The highest BCUT2D eigenvalue weighted by molar-refractivity contribution is 7.92. The SMILES string of the molecule is O=S(=O)(Nc1cc(-n2ccnc2)ncn1)c1ccc(OC(F)(F)F)cc1. The van der Waals surface area contributed by atoms with Crippen molar-refractivity contribution in [1.29, 1.82) is 0 Å². The van der Waals surface area contributed by atoms with Crippen LogP contribution >= 0.6 is 0 Å². The third kappa shape index (κ3) is 4.27. The molecule has 2 aromatic heterocycles. The van der Waals surface area contributed by atoms with E-state index in [-0.39, 0.29) is 10.7 Å². The van der Waals surface area contributed by atoms with Crippen LogP contribution in [0.15, 0.2) is 60.3 Å². The number of ether oxygens (including phenoxy) is 1. The first-order valence-corrected chi connectivity index (χ1v) is 8.40. The minimum atomic E-state index is -4.86. The van der Waals surface area contributed by atoms with E-state index in [0.717, 1.165) is 30.6 Å². The molecule has 8 nitrogen and oxygen atoms in total. The Labute approximate surface area is 145 Å². The van der Waals surface area contributed by atoms with E-state index in [1.54, 1.807) is 10.8 Å². The molecule has 0 bridgehead atoms. The average molecular weight is 385 g/mol. The van der Waals surface area contributed by atoms with Crippen LogP contribution in [-0.2, 0) is 10.0 Å². The van der Waals surface area contributed by atoms with Crippen molar-refractivity contribution in [2.45, 2.75) is 11.3 Å². The first kappa shape index (κ1) is 17.7. The Bertz CT molecular complexity index is 989. The lowest BCUT2D eigenvalue weighted by Gasteiger charge is -2.11. The van der Waals surface area contributed by atoms with Crippen LogP contribution in [0.3, 0.4) is 0 Å². The number of aromatic nitrogens is 4. The van der Waals surface area contributed by atoms with Crippen molar-refractivity contribution < 1.29 is 26.3 Å². The van der Waals surface area contributed by atoms with Gasteiger partial charge in [-0.25, -0.2) is 23.4 Å². The van der Waals surface area contributed by atoms with Crippen LogP contribution in [0.2, 0.25) is 0 Å². The molecule has 0 aliphatic carbocycles. The zero-order valence-electron chi connectivity index (χ0n) is 12.8. The summed E-state index contributed by atoms with van der Waals surface area (Å²) in [4.78, 5) is 11.4. The van der Waals surface area contributed by atoms with E-state index < -0.39 is 22.1 Å². The van der Waals surface area contributed by atoms with E-state index in [1.165, 1.54) is 18.6 Å². The molecule has 3 aromatic rings. The first-order valence-electron chi connectivity index (χ1n) is 6.92. The molecule has 26 heavy (non-hydrogen) atoms. The average Bonchev–Trinajstić information content (AvgIpc) is 3.08. The Hall–Kier alpha value is -3.15. The van der Waals surface area contributed by atoms with Crippen molar-refractivity contribution in [1.82, 2.24) is 19.5 Å². The number of imidazole rings is 1. The fourth-order valence-corrected chi connectivity index (χ4v) is 2.95. The van der Waals surface area contributed by atoms with Crippen molar-refractivity contribution in [2.24, 2.45) is 0 Å². The summed E-state index contributed by atoms with van der Waals surface area (Å²) in [6, 6.07) is 5.15. The van der Waals surface area contributed by atoms with Gasteiger partial charge in [-0.15, -0.1) is 13.2 Å². The molecular formula is C14H10F3N5O3S. The fourth-order valence-electron chi connectivity index (χ4n) is 1.96. The minimum Gasteiger partial charge on any atom is -0.406 e. The van der Waals surface area contributed by atoms with E-state index in [9.17, 15) is 21.6 Å². The maximum Gasteiger partial charge on any atom is 0.573 e. The Kier molecular flexibility index (Phi) is 4.50. The Morgan fingerprint density at radius 2 is 1.85 bits per heavy atom. The number of alkyl halides is 3. The van der Waals surface area contributed by atoms with Gasteiger partial charge in [0.25, 0.3) is 10.0 Å². The molecule has 0 radical (unpaired) electrons. The van der Waals surface area contributed by atoms with Gasteiger partial charge in [0.15, 0.2) is 0 Å². The van der Waals surface area contributed by atoms with Crippen molar-refractivity contribution in [3.05, 3.63) is 55.4 Å². The Balaban J connectivity index is 1.80.